The lowest BCUT2D eigenvalue weighted by Gasteiger charge is -2.11. The maximum absolute atomic E-state index is 11.1. The zero-order valence-corrected chi connectivity index (χ0v) is 9.62. The van der Waals surface area contributed by atoms with Crippen molar-refractivity contribution in [2.75, 3.05) is 25.6 Å². The molecule has 4 N–H and O–H groups in total. The largest absolute Gasteiger partial charge is 0.383 e. The van der Waals surface area contributed by atoms with E-state index < -0.39 is 0 Å². The standard InChI is InChI=1S/C10H18N4O2/c1-7-13-9(5-10(15)14-7)12-4-3-8(11)6-16-2/h5,8H,3-4,6,11H2,1-2H3,(H2,12,13,14,15). The fourth-order valence-electron chi connectivity index (χ4n) is 1.35. The maximum atomic E-state index is 11.1. The first-order chi connectivity index (χ1) is 7.61. The van der Waals surface area contributed by atoms with Crippen LogP contribution >= 0.6 is 0 Å². The maximum Gasteiger partial charge on any atom is 0.252 e. The Bertz CT molecular complexity index is 377. The van der Waals surface area contributed by atoms with Crippen molar-refractivity contribution in [3.63, 3.8) is 0 Å². The van der Waals surface area contributed by atoms with E-state index in [1.807, 2.05) is 0 Å². The molecule has 16 heavy (non-hydrogen) atoms. The van der Waals surface area contributed by atoms with Crippen molar-refractivity contribution in [3.05, 3.63) is 22.2 Å². The number of nitrogens with zero attached hydrogens (tertiary/aromatic N) is 1. The smallest absolute Gasteiger partial charge is 0.252 e. The number of ether oxygens (including phenoxy) is 1. The molecule has 1 aromatic rings. The van der Waals surface area contributed by atoms with Gasteiger partial charge >= 0.3 is 0 Å². The molecule has 0 bridgehead atoms. The van der Waals surface area contributed by atoms with Gasteiger partial charge in [0.1, 0.15) is 11.6 Å². The van der Waals surface area contributed by atoms with E-state index in [0.29, 0.717) is 24.8 Å². The fourth-order valence-corrected chi connectivity index (χ4v) is 1.35. The minimum atomic E-state index is -0.156. The van der Waals surface area contributed by atoms with Crippen LogP contribution in [0.15, 0.2) is 10.9 Å². The van der Waals surface area contributed by atoms with Crippen LogP contribution in [0.5, 0.6) is 0 Å². The SMILES string of the molecule is COCC(N)CCNc1cc(=O)[nH]c(C)n1. The summed E-state index contributed by atoms with van der Waals surface area (Å²) < 4.78 is 4.92. The number of nitrogens with two attached hydrogens (primary N) is 1. The van der Waals surface area contributed by atoms with Crippen molar-refractivity contribution in [1.29, 1.82) is 0 Å². The number of rotatable bonds is 6. The molecule has 0 aliphatic carbocycles. The highest BCUT2D eigenvalue weighted by Crippen LogP contribution is 1.98. The fraction of sp³-hybridized carbons (Fsp3) is 0.600. The predicted octanol–water partition coefficient (Wildman–Crippen LogP) is -0.146. The van der Waals surface area contributed by atoms with Crippen molar-refractivity contribution in [3.8, 4) is 0 Å². The average molecular weight is 226 g/mol. The number of aryl methyl sites for hydroxylation is 1. The Labute approximate surface area is 94.2 Å². The molecular formula is C10H18N4O2. The Morgan fingerprint density at radius 1 is 1.69 bits per heavy atom. The highest BCUT2D eigenvalue weighted by atomic mass is 16.5. The van der Waals surface area contributed by atoms with Crippen LogP contribution in [0.25, 0.3) is 0 Å². The highest BCUT2D eigenvalue weighted by molar-refractivity contribution is 5.32. The second kappa shape index (κ2) is 6.24. The third kappa shape index (κ3) is 4.41. The zero-order valence-electron chi connectivity index (χ0n) is 9.62. The molecule has 0 spiro atoms. The van der Waals surface area contributed by atoms with Crippen molar-refractivity contribution >= 4 is 5.82 Å². The number of anilines is 1. The van der Waals surface area contributed by atoms with Crippen LogP contribution in [0.2, 0.25) is 0 Å². The third-order valence-corrected chi connectivity index (χ3v) is 2.06. The van der Waals surface area contributed by atoms with Crippen molar-refractivity contribution in [2.45, 2.75) is 19.4 Å². The number of nitrogens with one attached hydrogen (secondary N) is 2. The molecule has 90 valence electrons. The van der Waals surface area contributed by atoms with Gasteiger partial charge in [-0.05, 0) is 13.3 Å². The Balaban J connectivity index is 2.40. The van der Waals surface area contributed by atoms with Gasteiger partial charge in [0.2, 0.25) is 0 Å². The van der Waals surface area contributed by atoms with Gasteiger partial charge in [-0.25, -0.2) is 4.98 Å². The summed E-state index contributed by atoms with van der Waals surface area (Å²) in [6, 6.07) is 1.43. The van der Waals surface area contributed by atoms with E-state index in [2.05, 4.69) is 15.3 Å². The van der Waals surface area contributed by atoms with Gasteiger partial charge in [-0.15, -0.1) is 0 Å². The molecule has 1 rings (SSSR count). The van der Waals surface area contributed by atoms with Gasteiger partial charge in [-0.3, -0.25) is 4.79 Å². The van der Waals surface area contributed by atoms with Gasteiger partial charge in [-0.2, -0.15) is 0 Å². The van der Waals surface area contributed by atoms with E-state index in [9.17, 15) is 4.79 Å². The molecule has 0 fully saturated rings. The van der Waals surface area contributed by atoms with E-state index in [-0.39, 0.29) is 11.6 Å². The van der Waals surface area contributed by atoms with E-state index in [0.717, 1.165) is 6.42 Å². The predicted molar refractivity (Wildman–Crippen MR) is 62.6 cm³/mol. The number of hydrogen-bond acceptors (Lipinski definition) is 5. The molecule has 1 aromatic heterocycles. The third-order valence-electron chi connectivity index (χ3n) is 2.06. The molecule has 0 amide bonds. The minimum absolute atomic E-state index is 0.000550. The second-order valence-electron chi connectivity index (χ2n) is 3.65. The molecule has 6 heteroatoms. The summed E-state index contributed by atoms with van der Waals surface area (Å²) in [7, 11) is 1.62. The van der Waals surface area contributed by atoms with Gasteiger partial charge in [0.25, 0.3) is 5.56 Å². The summed E-state index contributed by atoms with van der Waals surface area (Å²) in [5.41, 5.74) is 5.60. The summed E-state index contributed by atoms with van der Waals surface area (Å²) in [6.07, 6.45) is 0.765. The molecule has 0 aromatic carbocycles. The lowest BCUT2D eigenvalue weighted by atomic mass is 10.2. The monoisotopic (exact) mass is 226 g/mol. The molecule has 1 heterocycles. The molecule has 0 saturated carbocycles. The summed E-state index contributed by atoms with van der Waals surface area (Å²) in [4.78, 5) is 17.8. The molecule has 6 nitrogen and oxygen atoms in total. The van der Waals surface area contributed by atoms with Crippen LogP contribution in [-0.2, 0) is 4.74 Å². The lowest BCUT2D eigenvalue weighted by Crippen LogP contribution is -2.28. The quantitative estimate of drug-likeness (QED) is 0.627. The van der Waals surface area contributed by atoms with E-state index in [4.69, 9.17) is 10.5 Å². The number of aromatic nitrogens is 2. The summed E-state index contributed by atoms with van der Waals surface area (Å²) in [5, 5.41) is 3.05. The Morgan fingerprint density at radius 2 is 2.44 bits per heavy atom. The van der Waals surface area contributed by atoms with Gasteiger partial charge in [-0.1, -0.05) is 0 Å². The highest BCUT2D eigenvalue weighted by Gasteiger charge is 2.02. The van der Waals surface area contributed by atoms with Gasteiger partial charge in [0.05, 0.1) is 6.61 Å². The van der Waals surface area contributed by atoms with Crippen LogP contribution < -0.4 is 16.6 Å². The average Bonchev–Trinajstić information content (AvgIpc) is 2.16. The number of hydrogen-bond donors (Lipinski definition) is 3. The van der Waals surface area contributed by atoms with Crippen molar-refractivity contribution < 1.29 is 4.74 Å². The Morgan fingerprint density at radius 3 is 3.06 bits per heavy atom. The van der Waals surface area contributed by atoms with Crippen molar-refractivity contribution in [1.82, 2.24) is 9.97 Å². The normalized spacial score (nSPS) is 12.4. The van der Waals surface area contributed by atoms with Gasteiger partial charge in [0.15, 0.2) is 0 Å². The summed E-state index contributed by atoms with van der Waals surface area (Å²) >= 11 is 0. The van der Waals surface area contributed by atoms with Crippen LogP contribution in [0.1, 0.15) is 12.2 Å². The molecule has 0 radical (unpaired) electrons. The van der Waals surface area contributed by atoms with Crippen molar-refractivity contribution in [2.24, 2.45) is 5.73 Å². The van der Waals surface area contributed by atoms with Crippen LogP contribution in [0.4, 0.5) is 5.82 Å². The first-order valence-electron chi connectivity index (χ1n) is 5.18. The van der Waals surface area contributed by atoms with Crippen LogP contribution in [-0.4, -0.2) is 36.3 Å². The molecular weight excluding hydrogens is 208 g/mol. The molecule has 1 atom stereocenters. The first kappa shape index (κ1) is 12.7. The molecule has 0 aliphatic heterocycles. The number of H-pyrrole nitrogens is 1. The summed E-state index contributed by atoms with van der Waals surface area (Å²) in [5.74, 6) is 1.17. The number of aromatic amines is 1. The minimum Gasteiger partial charge on any atom is -0.383 e. The van der Waals surface area contributed by atoms with Gasteiger partial charge in [0, 0.05) is 25.8 Å². The van der Waals surface area contributed by atoms with Gasteiger partial charge < -0.3 is 20.8 Å². The lowest BCUT2D eigenvalue weighted by molar-refractivity contribution is 0.178. The first-order valence-corrected chi connectivity index (χ1v) is 5.18. The van der Waals surface area contributed by atoms with E-state index in [1.165, 1.54) is 6.07 Å². The Hall–Kier alpha value is -1.40. The molecule has 0 aliphatic rings. The Kier molecular flexibility index (Phi) is 4.94. The molecule has 0 saturated heterocycles. The summed E-state index contributed by atoms with van der Waals surface area (Å²) in [6.45, 7) is 2.94. The van der Waals surface area contributed by atoms with Crippen LogP contribution in [0, 0.1) is 6.92 Å². The van der Waals surface area contributed by atoms with E-state index >= 15 is 0 Å². The second-order valence-corrected chi connectivity index (χ2v) is 3.65. The molecule has 1 unspecified atom stereocenters. The van der Waals surface area contributed by atoms with E-state index in [1.54, 1.807) is 14.0 Å². The van der Waals surface area contributed by atoms with Crippen LogP contribution in [0.3, 0.4) is 0 Å². The number of methoxy groups -OCH3 is 1. The zero-order chi connectivity index (χ0) is 12.0. The topological polar surface area (TPSA) is 93.0 Å².